The minimum absolute atomic E-state index is 0.101. The number of carbonyl (C=O) groups excluding carboxylic acids is 1. The van der Waals surface area contributed by atoms with Crippen molar-refractivity contribution in [3.05, 3.63) is 46.0 Å². The van der Waals surface area contributed by atoms with Crippen LogP contribution in [0.2, 0.25) is 0 Å². The van der Waals surface area contributed by atoms with Gasteiger partial charge in [-0.05, 0) is 39.8 Å². The number of hydrogen-bond donors (Lipinski definition) is 0. The number of nitrogens with zero attached hydrogens (tertiary/aromatic N) is 2. The van der Waals surface area contributed by atoms with Crippen LogP contribution in [-0.2, 0) is 31.0 Å². The number of alkyl halides is 2. The molecule has 0 aliphatic rings. The molecule has 7 nitrogen and oxygen atoms in total. The lowest BCUT2D eigenvalue weighted by Crippen LogP contribution is -2.33. The molecule has 0 radical (unpaired) electrons. The highest BCUT2D eigenvalue weighted by atomic mass is 79.9. The maximum atomic E-state index is 14.7. The number of aromatic nitrogens is 2. The van der Waals surface area contributed by atoms with Gasteiger partial charge in [0.25, 0.3) is 0 Å². The van der Waals surface area contributed by atoms with Crippen LogP contribution in [0, 0.1) is 0 Å². The van der Waals surface area contributed by atoms with Crippen LogP contribution >= 0.6 is 23.3 Å². The third kappa shape index (κ3) is 6.18. The van der Waals surface area contributed by atoms with Gasteiger partial charge in [0.1, 0.15) is 11.3 Å². The first-order valence-corrected chi connectivity index (χ1v) is 12.1. The highest BCUT2D eigenvalue weighted by molar-refractivity contribution is 9.10. The highest BCUT2D eigenvalue weighted by Gasteiger charge is 2.43. The van der Waals surface area contributed by atoms with E-state index in [1.165, 1.54) is 30.9 Å². The molecule has 0 saturated carbocycles. The largest absolute Gasteiger partial charge is 0.459 e. The molecule has 0 saturated heterocycles. The Morgan fingerprint density at radius 2 is 1.87 bits per heavy atom. The van der Waals surface area contributed by atoms with Gasteiger partial charge >= 0.3 is 11.9 Å². The van der Waals surface area contributed by atoms with Gasteiger partial charge in [0.15, 0.2) is 0 Å². The predicted molar refractivity (Wildman–Crippen MR) is 110 cm³/mol. The number of esters is 1. The van der Waals surface area contributed by atoms with Crippen molar-refractivity contribution in [3.63, 3.8) is 0 Å². The Morgan fingerprint density at radius 3 is 2.40 bits per heavy atom. The molecule has 0 N–H and O–H groups in total. The summed E-state index contributed by atoms with van der Waals surface area (Å²) in [6, 6.07) is 5.41. The molecule has 0 fully saturated rings. The third-order valence-electron chi connectivity index (χ3n) is 3.95. The standard InChI is InChI=1S/C19H24BrF2N2O5P/c1-6-27-30(5,26)14(16(25)28-18(2,3)4)11-15-23-17(24-29-15)19(21,22)12-7-9-13(20)10-8-12/h7-10,14H,6,11H2,1-5H3. The second-order valence-corrected chi connectivity index (χ2v) is 11.3. The lowest BCUT2D eigenvalue weighted by molar-refractivity contribution is -0.154. The molecule has 2 unspecified atom stereocenters. The highest BCUT2D eigenvalue weighted by Crippen LogP contribution is 2.50. The van der Waals surface area contributed by atoms with E-state index in [0.717, 1.165) is 0 Å². The van der Waals surface area contributed by atoms with Crippen molar-refractivity contribution in [2.75, 3.05) is 13.3 Å². The number of rotatable bonds is 8. The van der Waals surface area contributed by atoms with E-state index in [-0.39, 0.29) is 24.5 Å². The SMILES string of the molecule is CCOP(C)(=O)C(Cc1nc(C(F)(F)c2ccc(Br)cc2)no1)C(=O)OC(C)(C)C. The molecule has 1 heterocycles. The molecule has 2 atom stereocenters. The van der Waals surface area contributed by atoms with Gasteiger partial charge in [-0.1, -0.05) is 33.2 Å². The van der Waals surface area contributed by atoms with Crippen LogP contribution in [0.1, 0.15) is 45.0 Å². The van der Waals surface area contributed by atoms with Crippen molar-refractivity contribution in [2.24, 2.45) is 0 Å². The van der Waals surface area contributed by atoms with E-state index in [2.05, 4.69) is 26.1 Å². The van der Waals surface area contributed by atoms with Crippen molar-refractivity contribution in [1.82, 2.24) is 10.1 Å². The number of carbonyl (C=O) groups is 1. The molecule has 166 valence electrons. The quantitative estimate of drug-likeness (QED) is 0.358. The average molecular weight is 509 g/mol. The van der Waals surface area contributed by atoms with E-state index < -0.39 is 36.3 Å². The van der Waals surface area contributed by atoms with Crippen LogP contribution in [0.3, 0.4) is 0 Å². The molecule has 2 rings (SSSR count). The van der Waals surface area contributed by atoms with E-state index in [4.69, 9.17) is 13.8 Å². The summed E-state index contributed by atoms with van der Waals surface area (Å²) in [6.07, 6.45) is -0.355. The van der Waals surface area contributed by atoms with Gasteiger partial charge in [-0.25, -0.2) is 0 Å². The lowest BCUT2D eigenvalue weighted by atomic mass is 10.1. The van der Waals surface area contributed by atoms with E-state index in [1.54, 1.807) is 27.7 Å². The summed E-state index contributed by atoms with van der Waals surface area (Å²) in [4.78, 5) is 16.4. The number of hydrogen-bond acceptors (Lipinski definition) is 7. The first kappa shape index (κ1) is 24.6. The molecular weight excluding hydrogens is 485 g/mol. The Morgan fingerprint density at radius 1 is 1.27 bits per heavy atom. The Kier molecular flexibility index (Phi) is 7.59. The minimum Gasteiger partial charge on any atom is -0.459 e. The average Bonchev–Trinajstić information content (AvgIpc) is 3.08. The summed E-state index contributed by atoms with van der Waals surface area (Å²) in [5.74, 6) is -5.43. The summed E-state index contributed by atoms with van der Waals surface area (Å²) >= 11 is 3.19. The van der Waals surface area contributed by atoms with Crippen LogP contribution in [0.5, 0.6) is 0 Å². The number of halogens is 3. The molecule has 30 heavy (non-hydrogen) atoms. The Labute approximate surface area is 182 Å². The molecule has 0 spiro atoms. The molecule has 0 aliphatic carbocycles. The van der Waals surface area contributed by atoms with E-state index in [9.17, 15) is 18.1 Å². The van der Waals surface area contributed by atoms with Gasteiger partial charge in [0.05, 0.1) is 6.61 Å². The second-order valence-electron chi connectivity index (χ2n) is 7.67. The maximum Gasteiger partial charge on any atom is 0.335 e. The zero-order chi connectivity index (χ0) is 22.7. The molecule has 0 aliphatic heterocycles. The van der Waals surface area contributed by atoms with E-state index >= 15 is 0 Å². The van der Waals surface area contributed by atoms with Gasteiger partial charge in [-0.15, -0.1) is 0 Å². The number of ether oxygens (including phenoxy) is 1. The fourth-order valence-electron chi connectivity index (χ4n) is 2.58. The molecule has 1 aromatic heterocycles. The zero-order valence-electron chi connectivity index (χ0n) is 17.3. The smallest absolute Gasteiger partial charge is 0.335 e. The summed E-state index contributed by atoms with van der Waals surface area (Å²) < 4.78 is 58.6. The summed E-state index contributed by atoms with van der Waals surface area (Å²) in [5, 5.41) is 3.37. The van der Waals surface area contributed by atoms with Crippen LogP contribution in [0.15, 0.2) is 33.3 Å². The molecule has 1 aromatic carbocycles. The zero-order valence-corrected chi connectivity index (χ0v) is 19.8. The third-order valence-corrected chi connectivity index (χ3v) is 6.78. The van der Waals surface area contributed by atoms with Gasteiger partial charge in [-0.3, -0.25) is 9.36 Å². The monoisotopic (exact) mass is 508 g/mol. The lowest BCUT2D eigenvalue weighted by Gasteiger charge is -2.26. The van der Waals surface area contributed by atoms with Crippen molar-refractivity contribution in [1.29, 1.82) is 0 Å². The van der Waals surface area contributed by atoms with E-state index in [0.29, 0.717) is 4.47 Å². The maximum absolute atomic E-state index is 14.7. The number of benzene rings is 1. The van der Waals surface area contributed by atoms with Crippen molar-refractivity contribution in [2.45, 2.75) is 51.3 Å². The molecular formula is C19H24BrF2N2O5P. The van der Waals surface area contributed by atoms with E-state index in [1.807, 2.05) is 0 Å². The van der Waals surface area contributed by atoms with Gasteiger partial charge in [-0.2, -0.15) is 13.8 Å². The van der Waals surface area contributed by atoms with Crippen molar-refractivity contribution < 1.29 is 31.9 Å². The summed E-state index contributed by atoms with van der Waals surface area (Å²) in [5.41, 5.74) is -2.43. The summed E-state index contributed by atoms with van der Waals surface area (Å²) in [6.45, 7) is 8.00. The summed E-state index contributed by atoms with van der Waals surface area (Å²) in [7, 11) is -3.50. The normalized spacial score (nSPS) is 15.5. The van der Waals surface area contributed by atoms with Crippen LogP contribution < -0.4 is 0 Å². The topological polar surface area (TPSA) is 91.5 Å². The van der Waals surface area contributed by atoms with Gasteiger partial charge in [0.2, 0.25) is 19.1 Å². The van der Waals surface area contributed by atoms with Crippen LogP contribution in [-0.4, -0.2) is 40.6 Å². The molecule has 0 amide bonds. The fourth-order valence-corrected chi connectivity index (χ4v) is 4.46. The fraction of sp³-hybridized carbons (Fsp3) is 0.526. The Hall–Kier alpha value is -1.64. The Bertz CT molecular complexity index is 928. The van der Waals surface area contributed by atoms with Crippen molar-refractivity contribution >= 4 is 29.3 Å². The molecule has 11 heteroatoms. The van der Waals surface area contributed by atoms with Gasteiger partial charge < -0.3 is 13.8 Å². The first-order valence-electron chi connectivity index (χ1n) is 9.18. The van der Waals surface area contributed by atoms with Crippen molar-refractivity contribution in [3.8, 4) is 0 Å². The predicted octanol–water partition coefficient (Wildman–Crippen LogP) is 5.17. The minimum atomic E-state index is -3.51. The van der Waals surface area contributed by atoms with Crippen LogP contribution in [0.4, 0.5) is 8.78 Å². The Balaban J connectivity index is 2.31. The first-order chi connectivity index (χ1) is 13.8. The van der Waals surface area contributed by atoms with Crippen LogP contribution in [0.25, 0.3) is 0 Å². The molecule has 0 bridgehead atoms. The van der Waals surface area contributed by atoms with Gasteiger partial charge in [0, 0.05) is 23.1 Å². The molecule has 2 aromatic rings. The second kappa shape index (κ2) is 9.24.